The highest BCUT2D eigenvalue weighted by molar-refractivity contribution is 5.22. The van der Waals surface area contributed by atoms with Crippen LogP contribution in [0.2, 0.25) is 0 Å². The third-order valence-corrected chi connectivity index (χ3v) is 6.40. The molecule has 0 nitrogen and oxygen atoms in total. The maximum atomic E-state index is 3.99. The third kappa shape index (κ3) is 8.50. The second-order valence-electron chi connectivity index (χ2n) is 9.11. The van der Waals surface area contributed by atoms with E-state index in [1.807, 2.05) is 0 Å². The van der Waals surface area contributed by atoms with Crippen LogP contribution in [0, 0.1) is 23.7 Å². The van der Waals surface area contributed by atoms with Gasteiger partial charge in [0.1, 0.15) is 0 Å². The van der Waals surface area contributed by atoms with Gasteiger partial charge in [-0.3, -0.25) is 0 Å². The Kier molecular flexibility index (Phi) is 9.95. The highest BCUT2D eigenvalue weighted by atomic mass is 14.3. The molecular weight excluding hydrogens is 324 g/mol. The summed E-state index contributed by atoms with van der Waals surface area (Å²) in [7, 11) is 0. The van der Waals surface area contributed by atoms with Gasteiger partial charge in [0.25, 0.3) is 0 Å². The van der Waals surface area contributed by atoms with Crippen LogP contribution in [0.3, 0.4) is 0 Å². The fourth-order valence-corrected chi connectivity index (χ4v) is 4.52. The number of unbranched alkanes of at least 4 members (excludes halogenated alkanes) is 1. The van der Waals surface area contributed by atoms with Gasteiger partial charge in [0.05, 0.1) is 0 Å². The van der Waals surface area contributed by atoms with Crippen LogP contribution in [0.1, 0.15) is 85.0 Å². The van der Waals surface area contributed by atoms with Crippen LogP contribution < -0.4 is 0 Å². The maximum absolute atomic E-state index is 3.99. The van der Waals surface area contributed by atoms with E-state index in [4.69, 9.17) is 0 Å². The molecule has 0 aromatic carbocycles. The first-order chi connectivity index (χ1) is 13.1. The van der Waals surface area contributed by atoms with E-state index < -0.39 is 0 Å². The lowest BCUT2D eigenvalue weighted by Gasteiger charge is -2.19. The Morgan fingerprint density at radius 3 is 2.85 bits per heavy atom. The first-order valence-corrected chi connectivity index (χ1v) is 11.4. The zero-order chi connectivity index (χ0) is 19.5. The molecule has 2 aliphatic rings. The van der Waals surface area contributed by atoms with Crippen molar-refractivity contribution in [1.29, 1.82) is 0 Å². The molecule has 0 amide bonds. The summed E-state index contributed by atoms with van der Waals surface area (Å²) >= 11 is 0. The monoisotopic (exact) mass is 366 g/mol. The Bertz CT molecular complexity index is 557. The van der Waals surface area contributed by atoms with Gasteiger partial charge in [0.15, 0.2) is 0 Å². The van der Waals surface area contributed by atoms with E-state index >= 15 is 0 Å². The highest BCUT2D eigenvalue weighted by Crippen LogP contribution is 2.40. The molecule has 0 spiro atoms. The van der Waals surface area contributed by atoms with E-state index in [1.165, 1.54) is 69.8 Å². The lowest BCUT2D eigenvalue weighted by molar-refractivity contribution is 0.400. The quantitative estimate of drug-likeness (QED) is 0.254. The van der Waals surface area contributed by atoms with Crippen LogP contribution in [-0.4, -0.2) is 0 Å². The summed E-state index contributed by atoms with van der Waals surface area (Å²) in [5.74, 6) is 3.16. The number of rotatable bonds is 11. The molecule has 1 unspecified atom stereocenters. The van der Waals surface area contributed by atoms with E-state index in [0.29, 0.717) is 5.92 Å². The van der Waals surface area contributed by atoms with Crippen molar-refractivity contribution in [2.24, 2.45) is 23.7 Å². The van der Waals surface area contributed by atoms with Crippen LogP contribution in [0.4, 0.5) is 0 Å². The normalized spacial score (nSPS) is 26.8. The molecule has 0 aliphatic heterocycles. The molecule has 150 valence electrons. The molecule has 0 aromatic heterocycles. The van der Waals surface area contributed by atoms with Gasteiger partial charge in [-0.1, -0.05) is 67.5 Å². The van der Waals surface area contributed by atoms with E-state index in [0.717, 1.165) is 17.8 Å². The lowest BCUT2D eigenvalue weighted by Crippen LogP contribution is -2.10. The summed E-state index contributed by atoms with van der Waals surface area (Å²) in [6, 6.07) is 0. The van der Waals surface area contributed by atoms with Gasteiger partial charge in [0.2, 0.25) is 0 Å². The van der Waals surface area contributed by atoms with Crippen molar-refractivity contribution in [3.05, 3.63) is 60.3 Å². The van der Waals surface area contributed by atoms with Gasteiger partial charge in [0, 0.05) is 0 Å². The number of allylic oxidation sites excluding steroid dienone is 9. The summed E-state index contributed by atoms with van der Waals surface area (Å²) in [5.41, 5.74) is 2.86. The van der Waals surface area contributed by atoms with Crippen LogP contribution in [0.15, 0.2) is 60.3 Å². The van der Waals surface area contributed by atoms with Crippen LogP contribution in [0.5, 0.6) is 0 Å². The first kappa shape index (κ1) is 22.0. The molecule has 2 aliphatic carbocycles. The zero-order valence-corrected chi connectivity index (χ0v) is 18.1. The van der Waals surface area contributed by atoms with E-state index in [1.54, 1.807) is 5.57 Å². The molecule has 0 saturated heterocycles. The molecular formula is C27H42. The van der Waals surface area contributed by atoms with Crippen molar-refractivity contribution >= 4 is 0 Å². The van der Waals surface area contributed by atoms with Crippen molar-refractivity contribution in [3.63, 3.8) is 0 Å². The predicted octanol–water partition coefficient (Wildman–Crippen LogP) is 8.59. The smallest absolute Gasteiger partial charge is 0.0176 e. The van der Waals surface area contributed by atoms with Gasteiger partial charge >= 0.3 is 0 Å². The fourth-order valence-electron chi connectivity index (χ4n) is 4.52. The van der Waals surface area contributed by atoms with Gasteiger partial charge < -0.3 is 0 Å². The van der Waals surface area contributed by atoms with Crippen LogP contribution in [0.25, 0.3) is 0 Å². The minimum absolute atomic E-state index is 0.687. The van der Waals surface area contributed by atoms with Crippen molar-refractivity contribution < 1.29 is 0 Å². The Balaban J connectivity index is 1.73. The summed E-state index contributed by atoms with van der Waals surface area (Å²) in [5, 5.41) is 0. The Labute approximate surface area is 169 Å². The second kappa shape index (κ2) is 12.2. The van der Waals surface area contributed by atoms with Crippen molar-refractivity contribution in [3.8, 4) is 0 Å². The molecule has 0 heterocycles. The van der Waals surface area contributed by atoms with Crippen LogP contribution >= 0.6 is 0 Å². The van der Waals surface area contributed by atoms with Crippen molar-refractivity contribution in [1.82, 2.24) is 0 Å². The molecule has 1 saturated carbocycles. The largest absolute Gasteiger partial charge is 0.100 e. The summed E-state index contributed by atoms with van der Waals surface area (Å²) in [4.78, 5) is 0. The standard InChI is InChI=1S/C27H42/c1-22(2)12-8-5-6-11-15-26-20-18-24(4)27(26)21-17-23(3)16-19-25-13-9-7-10-14-25/h6,9,11,13-14,17,21,23-24,26-27H,1,5,7-8,10,12,15-16,18-20H2,2-4H3/b11-6-,21-17+/t23-,24+,26-,27?/m0/s1. The van der Waals surface area contributed by atoms with Gasteiger partial charge in [-0.25, -0.2) is 0 Å². The molecule has 0 aromatic rings. The molecule has 0 N–H and O–H groups in total. The lowest BCUT2D eigenvalue weighted by atomic mass is 9.86. The first-order valence-electron chi connectivity index (χ1n) is 11.4. The van der Waals surface area contributed by atoms with Crippen molar-refractivity contribution in [2.45, 2.75) is 85.0 Å². The zero-order valence-electron chi connectivity index (χ0n) is 18.1. The maximum Gasteiger partial charge on any atom is -0.0176 e. The molecule has 0 bridgehead atoms. The average Bonchev–Trinajstić information content (AvgIpc) is 3.01. The molecule has 4 atom stereocenters. The highest BCUT2D eigenvalue weighted by Gasteiger charge is 2.30. The SMILES string of the molecule is C=C(C)CCC/C=C\C[C@H]1CC[C@@H](C)C1/C=C/[C@@H](C)CCC1=CCCC=C1. The predicted molar refractivity (Wildman–Crippen MR) is 122 cm³/mol. The minimum Gasteiger partial charge on any atom is -0.100 e. The summed E-state index contributed by atoms with van der Waals surface area (Å²) in [6.07, 6.45) is 29.7. The van der Waals surface area contributed by atoms with Gasteiger partial charge in [-0.05, 0) is 94.8 Å². The molecule has 27 heavy (non-hydrogen) atoms. The van der Waals surface area contributed by atoms with Gasteiger partial charge in [-0.15, -0.1) is 6.58 Å². The summed E-state index contributed by atoms with van der Waals surface area (Å²) < 4.78 is 0. The molecule has 0 radical (unpaired) electrons. The van der Waals surface area contributed by atoms with E-state index in [-0.39, 0.29) is 0 Å². The van der Waals surface area contributed by atoms with E-state index in [2.05, 4.69) is 69.9 Å². The minimum atomic E-state index is 0.687. The second-order valence-corrected chi connectivity index (χ2v) is 9.11. The Morgan fingerprint density at radius 1 is 1.26 bits per heavy atom. The topological polar surface area (TPSA) is 0 Å². The fraction of sp³-hybridized carbons (Fsp3) is 0.630. The Hall–Kier alpha value is -1.30. The van der Waals surface area contributed by atoms with Gasteiger partial charge in [-0.2, -0.15) is 0 Å². The number of hydrogen-bond acceptors (Lipinski definition) is 0. The number of hydrogen-bond donors (Lipinski definition) is 0. The van der Waals surface area contributed by atoms with Crippen LogP contribution in [-0.2, 0) is 0 Å². The average molecular weight is 367 g/mol. The molecule has 2 rings (SSSR count). The third-order valence-electron chi connectivity index (χ3n) is 6.40. The molecule has 1 fully saturated rings. The summed E-state index contributed by atoms with van der Waals surface area (Å²) in [6.45, 7) is 11.0. The Morgan fingerprint density at radius 2 is 2.11 bits per heavy atom. The van der Waals surface area contributed by atoms with Crippen molar-refractivity contribution in [2.75, 3.05) is 0 Å². The molecule has 0 heteroatoms. The van der Waals surface area contributed by atoms with E-state index in [9.17, 15) is 0 Å².